The standard InChI is InChI=1S/C18H18N2O3/c21-15-5-6-17(22)13(10-15)11-18(23)19-8-7-14-9-12-3-1-2-4-16(12)20-14/h1-6,9-10,20-22H,7-8,11H2,(H,19,23). The van der Waals surface area contributed by atoms with E-state index in [0.717, 1.165) is 16.6 Å². The number of fused-ring (bicyclic) bond motifs is 1. The Kier molecular flexibility index (Phi) is 4.19. The number of carbonyl (C=O) groups excluding carboxylic acids is 1. The summed E-state index contributed by atoms with van der Waals surface area (Å²) in [7, 11) is 0. The zero-order chi connectivity index (χ0) is 16.2. The molecular formula is C18H18N2O3. The van der Waals surface area contributed by atoms with Gasteiger partial charge < -0.3 is 20.5 Å². The van der Waals surface area contributed by atoms with Crippen LogP contribution in [0.5, 0.6) is 11.5 Å². The van der Waals surface area contributed by atoms with Crippen molar-refractivity contribution in [2.45, 2.75) is 12.8 Å². The number of nitrogens with one attached hydrogen (secondary N) is 2. The van der Waals surface area contributed by atoms with E-state index in [1.807, 2.05) is 24.3 Å². The lowest BCUT2D eigenvalue weighted by atomic mass is 10.1. The summed E-state index contributed by atoms with van der Waals surface area (Å²) in [5.41, 5.74) is 2.55. The second-order valence-corrected chi connectivity index (χ2v) is 5.47. The van der Waals surface area contributed by atoms with Crippen molar-refractivity contribution in [3.05, 3.63) is 59.8 Å². The molecule has 1 amide bonds. The van der Waals surface area contributed by atoms with Crippen molar-refractivity contribution in [3.63, 3.8) is 0 Å². The van der Waals surface area contributed by atoms with Crippen LogP contribution in [0.3, 0.4) is 0 Å². The van der Waals surface area contributed by atoms with Gasteiger partial charge in [-0.05, 0) is 35.7 Å². The Morgan fingerprint density at radius 1 is 1.09 bits per heavy atom. The Labute approximate surface area is 133 Å². The van der Waals surface area contributed by atoms with Gasteiger partial charge in [0.15, 0.2) is 0 Å². The molecule has 1 heterocycles. The van der Waals surface area contributed by atoms with E-state index >= 15 is 0 Å². The summed E-state index contributed by atoms with van der Waals surface area (Å²) in [4.78, 5) is 15.2. The number of H-pyrrole nitrogens is 1. The molecule has 0 saturated heterocycles. The highest BCUT2D eigenvalue weighted by atomic mass is 16.3. The lowest BCUT2D eigenvalue weighted by Gasteiger charge is -2.06. The SMILES string of the molecule is O=C(Cc1cc(O)ccc1O)NCCc1cc2ccccc2[nH]1. The number of hydrogen-bond donors (Lipinski definition) is 4. The third-order valence-electron chi connectivity index (χ3n) is 3.72. The second kappa shape index (κ2) is 6.44. The highest BCUT2D eigenvalue weighted by Gasteiger charge is 2.08. The van der Waals surface area contributed by atoms with Gasteiger partial charge in [-0.2, -0.15) is 0 Å². The van der Waals surface area contributed by atoms with Gasteiger partial charge in [0, 0.05) is 29.7 Å². The molecule has 0 bridgehead atoms. The number of aromatic nitrogens is 1. The molecule has 0 saturated carbocycles. The summed E-state index contributed by atoms with van der Waals surface area (Å²) in [6, 6.07) is 14.3. The molecule has 118 valence electrons. The van der Waals surface area contributed by atoms with Crippen LogP contribution in [0.15, 0.2) is 48.5 Å². The number of phenolic OH excluding ortho intramolecular Hbond substituents is 2. The smallest absolute Gasteiger partial charge is 0.224 e. The van der Waals surface area contributed by atoms with Crippen molar-refractivity contribution in [1.82, 2.24) is 10.3 Å². The molecule has 0 unspecified atom stereocenters. The minimum Gasteiger partial charge on any atom is -0.508 e. The highest BCUT2D eigenvalue weighted by molar-refractivity contribution is 5.80. The number of carbonyl (C=O) groups is 1. The van der Waals surface area contributed by atoms with Crippen LogP contribution in [0.4, 0.5) is 0 Å². The zero-order valence-electron chi connectivity index (χ0n) is 12.5. The average molecular weight is 310 g/mol. The molecule has 0 aliphatic carbocycles. The fourth-order valence-corrected chi connectivity index (χ4v) is 2.55. The van der Waals surface area contributed by atoms with E-state index in [9.17, 15) is 15.0 Å². The minimum atomic E-state index is -0.193. The van der Waals surface area contributed by atoms with E-state index in [2.05, 4.69) is 16.4 Å². The maximum Gasteiger partial charge on any atom is 0.224 e. The Hall–Kier alpha value is -2.95. The van der Waals surface area contributed by atoms with Crippen LogP contribution < -0.4 is 5.32 Å². The average Bonchev–Trinajstić information content (AvgIpc) is 2.93. The van der Waals surface area contributed by atoms with Crippen molar-refractivity contribution in [2.24, 2.45) is 0 Å². The topological polar surface area (TPSA) is 85.3 Å². The highest BCUT2D eigenvalue weighted by Crippen LogP contribution is 2.22. The number of amides is 1. The maximum atomic E-state index is 11.9. The molecule has 0 aliphatic heterocycles. The van der Waals surface area contributed by atoms with Crippen molar-refractivity contribution < 1.29 is 15.0 Å². The van der Waals surface area contributed by atoms with Gasteiger partial charge in [0.25, 0.3) is 0 Å². The predicted octanol–water partition coefficient (Wildman–Crippen LogP) is 2.48. The number of benzene rings is 2. The molecule has 0 fully saturated rings. The first-order valence-corrected chi connectivity index (χ1v) is 7.46. The first-order chi connectivity index (χ1) is 11.1. The summed E-state index contributed by atoms with van der Waals surface area (Å²) in [5, 5.41) is 23.0. The van der Waals surface area contributed by atoms with Crippen LogP contribution in [-0.2, 0) is 17.6 Å². The Morgan fingerprint density at radius 2 is 1.91 bits per heavy atom. The molecule has 0 radical (unpaired) electrons. The van der Waals surface area contributed by atoms with E-state index < -0.39 is 0 Å². The summed E-state index contributed by atoms with van der Waals surface area (Å²) in [6.07, 6.45) is 0.735. The fraction of sp³-hybridized carbons (Fsp3) is 0.167. The normalized spacial score (nSPS) is 10.8. The Morgan fingerprint density at radius 3 is 2.74 bits per heavy atom. The lowest BCUT2D eigenvalue weighted by Crippen LogP contribution is -2.27. The van der Waals surface area contributed by atoms with Gasteiger partial charge in [-0.3, -0.25) is 4.79 Å². The largest absolute Gasteiger partial charge is 0.508 e. The van der Waals surface area contributed by atoms with E-state index in [0.29, 0.717) is 18.5 Å². The number of rotatable bonds is 5. The number of aromatic amines is 1. The van der Waals surface area contributed by atoms with Crippen LogP contribution in [-0.4, -0.2) is 27.6 Å². The second-order valence-electron chi connectivity index (χ2n) is 5.47. The first-order valence-electron chi connectivity index (χ1n) is 7.46. The van der Waals surface area contributed by atoms with Crippen molar-refractivity contribution in [3.8, 4) is 11.5 Å². The lowest BCUT2D eigenvalue weighted by molar-refractivity contribution is -0.120. The molecule has 1 aromatic heterocycles. The Bertz CT molecular complexity index is 806. The number of phenols is 2. The van der Waals surface area contributed by atoms with Crippen LogP contribution in [0.25, 0.3) is 10.9 Å². The predicted molar refractivity (Wildman–Crippen MR) is 88.5 cm³/mol. The molecular weight excluding hydrogens is 292 g/mol. The molecule has 5 heteroatoms. The third kappa shape index (κ3) is 3.63. The van der Waals surface area contributed by atoms with Gasteiger partial charge in [-0.25, -0.2) is 0 Å². The summed E-state index contributed by atoms with van der Waals surface area (Å²) >= 11 is 0. The van der Waals surface area contributed by atoms with Gasteiger partial charge in [0.1, 0.15) is 11.5 Å². The van der Waals surface area contributed by atoms with Gasteiger partial charge in [0.05, 0.1) is 6.42 Å². The molecule has 23 heavy (non-hydrogen) atoms. The van der Waals surface area contributed by atoms with Gasteiger partial charge in [0.2, 0.25) is 5.91 Å². The quantitative estimate of drug-likeness (QED) is 0.546. The summed E-state index contributed by atoms with van der Waals surface area (Å²) in [5.74, 6) is -0.153. The monoisotopic (exact) mass is 310 g/mol. The van der Waals surface area contributed by atoms with Crippen molar-refractivity contribution >= 4 is 16.8 Å². The maximum absolute atomic E-state index is 11.9. The Balaban J connectivity index is 1.53. The molecule has 3 aromatic rings. The fourth-order valence-electron chi connectivity index (χ4n) is 2.55. The minimum absolute atomic E-state index is 0.00793. The zero-order valence-corrected chi connectivity index (χ0v) is 12.5. The molecule has 0 aliphatic rings. The van der Waals surface area contributed by atoms with Crippen LogP contribution in [0, 0.1) is 0 Å². The van der Waals surface area contributed by atoms with Crippen molar-refractivity contribution in [1.29, 1.82) is 0 Å². The van der Waals surface area contributed by atoms with E-state index in [1.165, 1.54) is 18.2 Å². The van der Waals surface area contributed by atoms with Gasteiger partial charge in [-0.15, -0.1) is 0 Å². The van der Waals surface area contributed by atoms with Gasteiger partial charge in [-0.1, -0.05) is 18.2 Å². The van der Waals surface area contributed by atoms with Crippen LogP contribution >= 0.6 is 0 Å². The van der Waals surface area contributed by atoms with E-state index in [-0.39, 0.29) is 23.8 Å². The van der Waals surface area contributed by atoms with Crippen LogP contribution in [0.1, 0.15) is 11.3 Å². The van der Waals surface area contributed by atoms with E-state index in [1.54, 1.807) is 0 Å². The molecule has 0 atom stereocenters. The summed E-state index contributed by atoms with van der Waals surface area (Å²) < 4.78 is 0. The molecule has 4 N–H and O–H groups in total. The number of para-hydroxylation sites is 1. The van der Waals surface area contributed by atoms with Crippen LogP contribution in [0.2, 0.25) is 0 Å². The number of hydrogen-bond acceptors (Lipinski definition) is 3. The third-order valence-corrected chi connectivity index (χ3v) is 3.72. The molecule has 5 nitrogen and oxygen atoms in total. The number of aromatic hydroxyl groups is 2. The first kappa shape index (κ1) is 15.0. The molecule has 3 rings (SSSR count). The molecule has 2 aromatic carbocycles. The summed E-state index contributed by atoms with van der Waals surface area (Å²) in [6.45, 7) is 0.505. The van der Waals surface area contributed by atoms with Crippen molar-refractivity contribution in [2.75, 3.05) is 6.54 Å². The molecule has 0 spiro atoms. The van der Waals surface area contributed by atoms with E-state index in [4.69, 9.17) is 0 Å². The van der Waals surface area contributed by atoms with Gasteiger partial charge >= 0.3 is 0 Å².